The van der Waals surface area contributed by atoms with E-state index in [1.54, 1.807) is 0 Å². The maximum atomic E-state index is 13.5. The van der Waals surface area contributed by atoms with Gasteiger partial charge >= 0.3 is 0 Å². The quantitative estimate of drug-likeness (QED) is 0.859. The second-order valence-corrected chi connectivity index (χ2v) is 5.38. The van der Waals surface area contributed by atoms with Crippen LogP contribution in [-0.2, 0) is 0 Å². The van der Waals surface area contributed by atoms with Crippen LogP contribution in [0.5, 0.6) is 0 Å². The van der Waals surface area contributed by atoms with Crippen molar-refractivity contribution in [3.63, 3.8) is 0 Å². The van der Waals surface area contributed by atoms with E-state index in [0.29, 0.717) is 12.1 Å². The number of piperidine rings is 1. The second kappa shape index (κ2) is 4.89. The smallest absolute Gasteiger partial charge is 0.257 e. The van der Waals surface area contributed by atoms with Crippen molar-refractivity contribution in [2.75, 3.05) is 0 Å². The third-order valence-corrected chi connectivity index (χ3v) is 4.00. The number of amides is 1. The average molecular weight is 266 g/mol. The first kappa shape index (κ1) is 12.5. The lowest BCUT2D eigenvalue weighted by atomic mass is 9.99. The van der Waals surface area contributed by atoms with Crippen molar-refractivity contribution >= 4 is 5.91 Å². The average Bonchev–Trinajstić information content (AvgIpc) is 2.68. The van der Waals surface area contributed by atoms with Crippen molar-refractivity contribution < 1.29 is 13.6 Å². The highest BCUT2D eigenvalue weighted by Crippen LogP contribution is 2.27. The first-order chi connectivity index (χ1) is 9.13. The molecule has 1 amide bonds. The zero-order valence-electron chi connectivity index (χ0n) is 10.5. The van der Waals surface area contributed by atoms with Crippen molar-refractivity contribution in [1.82, 2.24) is 10.6 Å². The Kier molecular flexibility index (Phi) is 3.22. The summed E-state index contributed by atoms with van der Waals surface area (Å²) in [6, 6.07) is 4.31. The van der Waals surface area contributed by atoms with E-state index < -0.39 is 23.1 Å². The predicted molar refractivity (Wildman–Crippen MR) is 66.8 cm³/mol. The first-order valence-corrected chi connectivity index (χ1v) is 6.64. The number of rotatable bonds is 2. The number of hydrogen-bond acceptors (Lipinski definition) is 2. The molecule has 0 spiro atoms. The maximum absolute atomic E-state index is 13.5. The van der Waals surface area contributed by atoms with Gasteiger partial charge in [0.2, 0.25) is 0 Å². The van der Waals surface area contributed by atoms with Crippen LogP contribution < -0.4 is 10.6 Å². The Hall–Kier alpha value is -1.49. The van der Waals surface area contributed by atoms with Crippen molar-refractivity contribution in [2.45, 2.75) is 43.8 Å². The summed E-state index contributed by atoms with van der Waals surface area (Å²) in [4.78, 5) is 12.0. The molecule has 1 aromatic carbocycles. The third kappa shape index (κ3) is 2.47. The molecule has 2 aliphatic heterocycles. The molecule has 3 rings (SSSR count). The van der Waals surface area contributed by atoms with E-state index in [1.165, 1.54) is 6.07 Å². The standard InChI is InChI=1S/C14H16F2N2O/c15-11-2-1-3-12(16)13(11)14(19)18-10-6-8-4-5-9(7-10)17-8/h1-3,8-10,17H,4-7H2,(H,18,19). The topological polar surface area (TPSA) is 41.1 Å². The van der Waals surface area contributed by atoms with Crippen LogP contribution in [0.1, 0.15) is 36.0 Å². The highest BCUT2D eigenvalue weighted by atomic mass is 19.1. The van der Waals surface area contributed by atoms with E-state index in [-0.39, 0.29) is 6.04 Å². The number of carbonyl (C=O) groups is 1. The Morgan fingerprint density at radius 2 is 1.74 bits per heavy atom. The fraction of sp³-hybridized carbons (Fsp3) is 0.500. The minimum atomic E-state index is -0.811. The Labute approximate surface area is 110 Å². The Bertz CT molecular complexity index is 474. The van der Waals surface area contributed by atoms with Gasteiger partial charge in [0.05, 0.1) is 0 Å². The second-order valence-electron chi connectivity index (χ2n) is 5.38. The lowest BCUT2D eigenvalue weighted by molar-refractivity contribution is 0.0915. The van der Waals surface area contributed by atoms with Crippen LogP contribution in [0.25, 0.3) is 0 Å². The molecule has 19 heavy (non-hydrogen) atoms. The number of benzene rings is 1. The minimum Gasteiger partial charge on any atom is -0.349 e. The molecule has 0 aromatic heterocycles. The maximum Gasteiger partial charge on any atom is 0.257 e. The van der Waals surface area contributed by atoms with Gasteiger partial charge in [0, 0.05) is 18.1 Å². The predicted octanol–water partition coefficient (Wildman–Crippen LogP) is 1.98. The molecule has 2 atom stereocenters. The first-order valence-electron chi connectivity index (χ1n) is 6.64. The van der Waals surface area contributed by atoms with Crippen LogP contribution in [0.2, 0.25) is 0 Å². The fourth-order valence-corrected chi connectivity index (χ4v) is 3.15. The molecule has 2 aliphatic rings. The van der Waals surface area contributed by atoms with E-state index in [4.69, 9.17) is 0 Å². The van der Waals surface area contributed by atoms with Gasteiger partial charge in [0.15, 0.2) is 0 Å². The normalized spacial score (nSPS) is 29.3. The number of hydrogen-bond donors (Lipinski definition) is 2. The van der Waals surface area contributed by atoms with Crippen molar-refractivity contribution in [3.05, 3.63) is 35.4 Å². The van der Waals surface area contributed by atoms with Gasteiger partial charge < -0.3 is 10.6 Å². The molecule has 3 nitrogen and oxygen atoms in total. The molecule has 102 valence electrons. The minimum absolute atomic E-state index is 0.00487. The lowest BCUT2D eigenvalue weighted by Crippen LogP contribution is -2.48. The highest BCUT2D eigenvalue weighted by molar-refractivity contribution is 5.94. The van der Waals surface area contributed by atoms with E-state index in [0.717, 1.165) is 37.8 Å². The van der Waals surface area contributed by atoms with Gasteiger partial charge in [-0.1, -0.05) is 6.07 Å². The summed E-state index contributed by atoms with van der Waals surface area (Å²) in [7, 11) is 0. The summed E-state index contributed by atoms with van der Waals surface area (Å²) in [5.74, 6) is -2.27. The van der Waals surface area contributed by atoms with Crippen LogP contribution >= 0.6 is 0 Å². The molecule has 2 N–H and O–H groups in total. The van der Waals surface area contributed by atoms with E-state index in [1.807, 2.05) is 0 Å². The zero-order valence-corrected chi connectivity index (χ0v) is 10.5. The third-order valence-electron chi connectivity index (χ3n) is 4.00. The monoisotopic (exact) mass is 266 g/mol. The van der Waals surface area contributed by atoms with Crippen molar-refractivity contribution in [1.29, 1.82) is 0 Å². The molecular formula is C14H16F2N2O. The molecule has 0 aliphatic carbocycles. The summed E-state index contributed by atoms with van der Waals surface area (Å²) in [6.45, 7) is 0. The van der Waals surface area contributed by atoms with Gasteiger partial charge in [-0.05, 0) is 37.8 Å². The summed E-state index contributed by atoms with van der Waals surface area (Å²) >= 11 is 0. The molecular weight excluding hydrogens is 250 g/mol. The van der Waals surface area contributed by atoms with E-state index in [2.05, 4.69) is 10.6 Å². The van der Waals surface area contributed by atoms with Gasteiger partial charge in [0.1, 0.15) is 17.2 Å². The SMILES string of the molecule is O=C(NC1CC2CCC(C1)N2)c1c(F)cccc1F. The number of carbonyl (C=O) groups excluding carboxylic acids is 1. The molecule has 0 saturated carbocycles. The highest BCUT2D eigenvalue weighted by Gasteiger charge is 2.34. The van der Waals surface area contributed by atoms with Gasteiger partial charge in [-0.15, -0.1) is 0 Å². The summed E-state index contributed by atoms with van der Waals surface area (Å²) < 4.78 is 27.0. The number of fused-ring (bicyclic) bond motifs is 2. The van der Waals surface area contributed by atoms with Gasteiger partial charge in [0.25, 0.3) is 5.91 Å². The van der Waals surface area contributed by atoms with Crippen molar-refractivity contribution in [3.8, 4) is 0 Å². The van der Waals surface area contributed by atoms with Crippen LogP contribution in [0.15, 0.2) is 18.2 Å². The Balaban J connectivity index is 1.71. The zero-order chi connectivity index (χ0) is 13.4. The summed E-state index contributed by atoms with van der Waals surface area (Å²) in [6.07, 6.45) is 3.90. The summed E-state index contributed by atoms with van der Waals surface area (Å²) in [5, 5.41) is 6.22. The number of halogens is 2. The van der Waals surface area contributed by atoms with E-state index in [9.17, 15) is 13.6 Å². The van der Waals surface area contributed by atoms with Gasteiger partial charge in [-0.2, -0.15) is 0 Å². The van der Waals surface area contributed by atoms with Gasteiger partial charge in [-0.3, -0.25) is 4.79 Å². The molecule has 5 heteroatoms. The number of nitrogens with one attached hydrogen (secondary N) is 2. The Morgan fingerprint density at radius 3 is 2.32 bits per heavy atom. The molecule has 2 bridgehead atoms. The molecule has 1 aromatic rings. The largest absolute Gasteiger partial charge is 0.349 e. The summed E-state index contributed by atoms with van der Waals surface area (Å²) in [5.41, 5.74) is -0.478. The lowest BCUT2D eigenvalue weighted by Gasteiger charge is -2.29. The van der Waals surface area contributed by atoms with Crippen LogP contribution in [0, 0.1) is 11.6 Å². The van der Waals surface area contributed by atoms with Crippen LogP contribution in [0.4, 0.5) is 8.78 Å². The Morgan fingerprint density at radius 1 is 1.16 bits per heavy atom. The van der Waals surface area contributed by atoms with E-state index >= 15 is 0 Å². The van der Waals surface area contributed by atoms with Crippen LogP contribution in [0.3, 0.4) is 0 Å². The molecule has 2 saturated heterocycles. The molecule has 2 heterocycles. The van der Waals surface area contributed by atoms with Crippen LogP contribution in [-0.4, -0.2) is 24.0 Å². The molecule has 2 fully saturated rings. The fourth-order valence-electron chi connectivity index (χ4n) is 3.15. The van der Waals surface area contributed by atoms with Gasteiger partial charge in [-0.25, -0.2) is 8.78 Å². The molecule has 0 radical (unpaired) electrons. The van der Waals surface area contributed by atoms with Crippen molar-refractivity contribution in [2.24, 2.45) is 0 Å². The molecule has 2 unspecified atom stereocenters.